The van der Waals surface area contributed by atoms with E-state index < -0.39 is 0 Å². The Morgan fingerprint density at radius 3 is 2.45 bits per heavy atom. The quantitative estimate of drug-likeness (QED) is 0.378. The van der Waals surface area contributed by atoms with Gasteiger partial charge in [-0.15, -0.1) is 11.3 Å². The molecule has 1 aromatic heterocycles. The fraction of sp³-hybridized carbons (Fsp3) is 0.462. The first-order valence-electron chi connectivity index (χ1n) is 11.2. The van der Waals surface area contributed by atoms with Gasteiger partial charge in [-0.3, -0.25) is 4.99 Å². The number of hydrogen-bond donors (Lipinski definition) is 0. The highest BCUT2D eigenvalue weighted by Gasteiger charge is 2.50. The van der Waals surface area contributed by atoms with E-state index in [1.54, 1.807) is 32.7 Å². The average molecular weight is 468 g/mol. The van der Waals surface area contributed by atoms with E-state index >= 15 is 0 Å². The van der Waals surface area contributed by atoms with Gasteiger partial charge in [-0.25, -0.2) is 4.68 Å². The second-order valence-electron chi connectivity index (χ2n) is 9.39. The molecule has 3 aliphatic rings. The molecule has 0 radical (unpaired) electrons. The zero-order valence-corrected chi connectivity index (χ0v) is 21.2. The first kappa shape index (κ1) is 23.4. The van der Waals surface area contributed by atoms with Crippen LogP contribution >= 0.6 is 11.3 Å². The van der Waals surface area contributed by atoms with Crippen LogP contribution in [0.5, 0.6) is 17.2 Å². The molecule has 0 aliphatic heterocycles. The van der Waals surface area contributed by atoms with Gasteiger partial charge in [-0.2, -0.15) is 5.10 Å². The molecule has 5 rings (SSSR count). The van der Waals surface area contributed by atoms with Crippen LogP contribution in [-0.2, 0) is 0 Å². The summed E-state index contributed by atoms with van der Waals surface area (Å²) in [5, 5.41) is 7.00. The third-order valence-electron chi connectivity index (χ3n) is 6.96. The number of rotatable bonds is 8. The number of methoxy groups -OCH3 is 3. The largest absolute Gasteiger partial charge is 0.493 e. The second-order valence-corrected chi connectivity index (χ2v) is 10.2. The number of nitrogens with zero attached hydrogens (tertiary/aromatic N) is 3. The summed E-state index contributed by atoms with van der Waals surface area (Å²) in [5.74, 6) is 3.14. The number of allylic oxidation sites excluding steroid dienone is 2. The fourth-order valence-electron chi connectivity index (χ4n) is 4.82. The van der Waals surface area contributed by atoms with Crippen LogP contribution in [-0.4, -0.2) is 38.8 Å². The van der Waals surface area contributed by atoms with Gasteiger partial charge in [0.05, 0.1) is 39.8 Å². The normalized spacial score (nSPS) is 21.5. The molecule has 0 N–H and O–H groups in total. The predicted molar refractivity (Wildman–Crippen MR) is 135 cm³/mol. The molecule has 2 atom stereocenters. The van der Waals surface area contributed by atoms with Crippen molar-refractivity contribution >= 4 is 17.6 Å². The summed E-state index contributed by atoms with van der Waals surface area (Å²) in [6.45, 7) is 11.3. The molecule has 1 saturated carbocycles. The van der Waals surface area contributed by atoms with Crippen LogP contribution < -0.4 is 19.0 Å². The molecule has 2 bridgehead atoms. The number of aromatic nitrogens is 1. The monoisotopic (exact) mass is 467 g/mol. The predicted octanol–water partition coefficient (Wildman–Crippen LogP) is 5.55. The lowest BCUT2D eigenvalue weighted by atomic mass is 9.49. The van der Waals surface area contributed by atoms with E-state index in [2.05, 4.69) is 31.9 Å². The Morgan fingerprint density at radius 2 is 1.91 bits per heavy atom. The third-order valence-corrected chi connectivity index (χ3v) is 7.82. The van der Waals surface area contributed by atoms with Crippen molar-refractivity contribution in [1.82, 2.24) is 4.68 Å². The minimum Gasteiger partial charge on any atom is -0.493 e. The first-order chi connectivity index (χ1) is 15.8. The minimum atomic E-state index is 0.349. The van der Waals surface area contributed by atoms with Crippen LogP contribution in [0.4, 0.5) is 0 Å². The third kappa shape index (κ3) is 4.26. The van der Waals surface area contributed by atoms with Gasteiger partial charge in [-0.1, -0.05) is 32.1 Å². The summed E-state index contributed by atoms with van der Waals surface area (Å²) in [7, 11) is 4.85. The Hall–Kier alpha value is -2.80. The van der Waals surface area contributed by atoms with Gasteiger partial charge >= 0.3 is 0 Å². The van der Waals surface area contributed by atoms with Gasteiger partial charge in [0.25, 0.3) is 0 Å². The number of ether oxygens (including phenoxy) is 3. The summed E-state index contributed by atoms with van der Waals surface area (Å²) >= 11 is 1.56. The van der Waals surface area contributed by atoms with Crippen LogP contribution in [0.15, 0.2) is 51.4 Å². The summed E-state index contributed by atoms with van der Waals surface area (Å²) < 4.78 is 18.5. The number of thiazole rings is 1. The first-order valence-corrected chi connectivity index (χ1v) is 12.1. The highest BCUT2D eigenvalue weighted by molar-refractivity contribution is 7.07. The van der Waals surface area contributed by atoms with E-state index in [1.165, 1.54) is 12.0 Å². The van der Waals surface area contributed by atoms with Gasteiger partial charge < -0.3 is 14.2 Å². The van der Waals surface area contributed by atoms with Crippen LogP contribution in [0.1, 0.15) is 33.6 Å². The lowest BCUT2D eigenvalue weighted by molar-refractivity contribution is -0.00126. The van der Waals surface area contributed by atoms with Crippen LogP contribution in [0.3, 0.4) is 0 Å². The van der Waals surface area contributed by atoms with Crippen molar-refractivity contribution in [2.24, 2.45) is 27.3 Å². The summed E-state index contributed by atoms with van der Waals surface area (Å²) in [6.07, 6.45) is 6.76. The van der Waals surface area contributed by atoms with Crippen molar-refractivity contribution in [3.05, 3.63) is 46.1 Å². The number of benzene rings is 1. The van der Waals surface area contributed by atoms with Crippen molar-refractivity contribution < 1.29 is 14.2 Å². The second kappa shape index (κ2) is 9.21. The highest BCUT2D eigenvalue weighted by atomic mass is 32.1. The molecule has 176 valence electrons. The lowest BCUT2D eigenvalue weighted by Gasteiger charge is -2.55. The van der Waals surface area contributed by atoms with Gasteiger partial charge in [0.1, 0.15) is 0 Å². The van der Waals surface area contributed by atoms with Crippen molar-refractivity contribution in [2.45, 2.75) is 33.6 Å². The maximum atomic E-state index is 5.57. The van der Waals surface area contributed by atoms with Crippen molar-refractivity contribution in [3.8, 4) is 28.5 Å². The Kier molecular flexibility index (Phi) is 6.52. The van der Waals surface area contributed by atoms with E-state index in [-0.39, 0.29) is 0 Å². The topological polar surface area (TPSA) is 57.3 Å². The Labute approximate surface area is 199 Å². The summed E-state index contributed by atoms with van der Waals surface area (Å²) in [5.41, 5.74) is 4.50. The van der Waals surface area contributed by atoms with Gasteiger partial charge in [0.2, 0.25) is 10.6 Å². The standard InChI is InChI=1S/C26H33N3O3S/c1-16(2)13-27-25-29(28-14-17-8-9-19-12-20(17)26(19,3)4)21(15-33-25)18-10-22(30-5)24(32-7)23(11-18)31-6/h8,10-11,14-15,19-20H,1,9,12-13H2,2-7H3. The average Bonchev–Trinajstić information content (AvgIpc) is 3.22. The van der Waals surface area contributed by atoms with Crippen molar-refractivity contribution in [3.63, 3.8) is 0 Å². The van der Waals surface area contributed by atoms with E-state index in [9.17, 15) is 0 Å². The van der Waals surface area contributed by atoms with Crippen LogP contribution in [0, 0.1) is 17.3 Å². The van der Waals surface area contributed by atoms with Gasteiger partial charge in [0.15, 0.2) is 11.5 Å². The van der Waals surface area contributed by atoms with E-state index in [4.69, 9.17) is 24.3 Å². The Balaban J connectivity index is 1.80. The lowest BCUT2D eigenvalue weighted by Crippen LogP contribution is -2.48. The maximum absolute atomic E-state index is 5.57. The van der Waals surface area contributed by atoms with Crippen molar-refractivity contribution in [2.75, 3.05) is 27.9 Å². The molecule has 0 saturated heterocycles. The minimum absolute atomic E-state index is 0.349. The molecular weight excluding hydrogens is 434 g/mol. The molecule has 1 heterocycles. The molecule has 0 amide bonds. The van der Waals surface area contributed by atoms with Gasteiger partial charge in [0, 0.05) is 10.9 Å². The summed E-state index contributed by atoms with van der Waals surface area (Å²) in [4.78, 5) is 5.57. The molecule has 3 aliphatic carbocycles. The number of fused-ring (bicyclic) bond motifs is 1. The summed E-state index contributed by atoms with van der Waals surface area (Å²) in [6, 6.07) is 3.88. The van der Waals surface area contributed by atoms with Crippen molar-refractivity contribution in [1.29, 1.82) is 0 Å². The molecule has 1 aromatic carbocycles. The SMILES string of the molecule is C=C(C)CN=c1scc(-c2cc(OC)c(OC)c(OC)c2)n1N=CC1=CCC2CC1C2(C)C. The molecular formula is C26H33N3O3S. The molecule has 2 aromatic rings. The van der Waals surface area contributed by atoms with E-state index in [1.807, 2.05) is 29.9 Å². The van der Waals surface area contributed by atoms with E-state index in [0.29, 0.717) is 35.1 Å². The zero-order chi connectivity index (χ0) is 23.8. The molecule has 6 nitrogen and oxygen atoms in total. The van der Waals surface area contributed by atoms with Crippen LogP contribution in [0.25, 0.3) is 11.3 Å². The van der Waals surface area contributed by atoms with Crippen LogP contribution in [0.2, 0.25) is 0 Å². The highest BCUT2D eigenvalue weighted by Crippen LogP contribution is 2.58. The molecule has 1 fully saturated rings. The molecule has 2 unspecified atom stereocenters. The number of hydrogen-bond acceptors (Lipinski definition) is 6. The zero-order valence-electron chi connectivity index (χ0n) is 20.3. The fourth-order valence-corrected chi connectivity index (χ4v) is 5.66. The maximum Gasteiger partial charge on any atom is 0.206 e. The smallest absolute Gasteiger partial charge is 0.206 e. The molecule has 0 spiro atoms. The molecule has 33 heavy (non-hydrogen) atoms. The molecule has 7 heteroatoms. The van der Waals surface area contributed by atoms with E-state index in [0.717, 1.165) is 34.0 Å². The Morgan fingerprint density at radius 1 is 1.21 bits per heavy atom. The van der Waals surface area contributed by atoms with Gasteiger partial charge in [-0.05, 0) is 54.7 Å². The Bertz CT molecular complexity index is 1160.